The lowest BCUT2D eigenvalue weighted by molar-refractivity contribution is -0.126. The SMILES string of the molecule is CCCC(C)(N)C(=O)NC1CCN(c2ccc(Cl)cc2)C1.Cl. The van der Waals surface area contributed by atoms with Crippen molar-refractivity contribution in [2.75, 3.05) is 18.0 Å². The smallest absolute Gasteiger partial charge is 0.240 e. The van der Waals surface area contributed by atoms with E-state index in [1.807, 2.05) is 31.2 Å². The molecular weight excluding hydrogens is 321 g/mol. The third kappa shape index (κ3) is 4.77. The zero-order chi connectivity index (χ0) is 15.5. The van der Waals surface area contributed by atoms with Crippen molar-refractivity contribution in [2.45, 2.75) is 44.7 Å². The number of carbonyl (C=O) groups is 1. The Balaban J connectivity index is 0.00000242. The first-order valence-corrected chi connectivity index (χ1v) is 7.90. The van der Waals surface area contributed by atoms with Gasteiger partial charge in [0.1, 0.15) is 0 Å². The summed E-state index contributed by atoms with van der Waals surface area (Å²) in [5, 5.41) is 3.82. The Morgan fingerprint density at radius 3 is 2.68 bits per heavy atom. The van der Waals surface area contributed by atoms with Crippen LogP contribution in [0.3, 0.4) is 0 Å². The van der Waals surface area contributed by atoms with Gasteiger partial charge in [-0.1, -0.05) is 24.9 Å². The Hall–Kier alpha value is -0.970. The number of hydrogen-bond donors (Lipinski definition) is 2. The van der Waals surface area contributed by atoms with Gasteiger partial charge < -0.3 is 16.0 Å². The van der Waals surface area contributed by atoms with Gasteiger partial charge in [0.2, 0.25) is 5.91 Å². The third-order valence-electron chi connectivity index (χ3n) is 4.00. The Bertz CT molecular complexity index is 491. The van der Waals surface area contributed by atoms with Gasteiger partial charge in [-0.2, -0.15) is 0 Å². The first kappa shape index (κ1) is 19.1. The molecule has 1 aromatic carbocycles. The molecule has 0 saturated carbocycles. The van der Waals surface area contributed by atoms with Crippen LogP contribution in [-0.2, 0) is 4.79 Å². The molecule has 0 spiro atoms. The van der Waals surface area contributed by atoms with Crippen LogP contribution in [0.5, 0.6) is 0 Å². The monoisotopic (exact) mass is 345 g/mol. The van der Waals surface area contributed by atoms with Crippen molar-refractivity contribution >= 4 is 35.6 Å². The number of carbonyl (C=O) groups excluding carboxylic acids is 1. The Morgan fingerprint density at radius 2 is 2.09 bits per heavy atom. The van der Waals surface area contributed by atoms with Crippen molar-refractivity contribution in [1.29, 1.82) is 0 Å². The molecule has 3 N–H and O–H groups in total. The Labute approximate surface area is 143 Å². The molecule has 2 unspecified atom stereocenters. The predicted octanol–water partition coefficient (Wildman–Crippen LogP) is 2.97. The molecule has 22 heavy (non-hydrogen) atoms. The number of nitrogens with zero attached hydrogens (tertiary/aromatic N) is 1. The van der Waals surface area contributed by atoms with Crippen molar-refractivity contribution in [1.82, 2.24) is 5.32 Å². The Kier molecular flexibility index (Phi) is 6.98. The minimum Gasteiger partial charge on any atom is -0.369 e. The summed E-state index contributed by atoms with van der Waals surface area (Å²) in [6, 6.07) is 7.96. The first-order valence-electron chi connectivity index (χ1n) is 7.53. The van der Waals surface area contributed by atoms with Gasteiger partial charge >= 0.3 is 0 Å². The summed E-state index contributed by atoms with van der Waals surface area (Å²) in [5.74, 6) is -0.0488. The van der Waals surface area contributed by atoms with E-state index in [-0.39, 0.29) is 24.4 Å². The van der Waals surface area contributed by atoms with E-state index in [9.17, 15) is 4.79 Å². The molecule has 0 aliphatic carbocycles. The van der Waals surface area contributed by atoms with Crippen molar-refractivity contribution in [2.24, 2.45) is 5.73 Å². The summed E-state index contributed by atoms with van der Waals surface area (Å²) < 4.78 is 0. The van der Waals surface area contributed by atoms with Crippen LogP contribution in [0.1, 0.15) is 33.1 Å². The zero-order valence-electron chi connectivity index (χ0n) is 13.1. The van der Waals surface area contributed by atoms with E-state index in [4.69, 9.17) is 17.3 Å². The minimum absolute atomic E-state index is 0. The summed E-state index contributed by atoms with van der Waals surface area (Å²) in [6.45, 7) is 5.59. The average Bonchev–Trinajstić information content (AvgIpc) is 2.88. The second kappa shape index (κ2) is 8.04. The van der Waals surface area contributed by atoms with Gasteiger partial charge in [0, 0.05) is 29.8 Å². The summed E-state index contributed by atoms with van der Waals surface area (Å²) in [5.41, 5.74) is 6.43. The number of nitrogens with two attached hydrogens (primary N) is 1. The van der Waals surface area contributed by atoms with Crippen LogP contribution >= 0.6 is 24.0 Å². The molecule has 1 heterocycles. The van der Waals surface area contributed by atoms with Crippen LogP contribution in [0, 0.1) is 0 Å². The molecule has 1 aliphatic heterocycles. The molecule has 124 valence electrons. The third-order valence-corrected chi connectivity index (χ3v) is 4.26. The number of amides is 1. The van der Waals surface area contributed by atoms with Crippen LogP contribution < -0.4 is 16.0 Å². The van der Waals surface area contributed by atoms with Gasteiger partial charge in [-0.25, -0.2) is 0 Å². The topological polar surface area (TPSA) is 58.4 Å². The molecule has 0 bridgehead atoms. The van der Waals surface area contributed by atoms with Crippen LogP contribution in [0.4, 0.5) is 5.69 Å². The van der Waals surface area contributed by atoms with Gasteiger partial charge in [0.15, 0.2) is 0 Å². The lowest BCUT2D eigenvalue weighted by Gasteiger charge is -2.25. The highest BCUT2D eigenvalue weighted by Crippen LogP contribution is 2.22. The maximum absolute atomic E-state index is 12.2. The van der Waals surface area contributed by atoms with Crippen molar-refractivity contribution < 1.29 is 4.79 Å². The summed E-state index contributed by atoms with van der Waals surface area (Å²) in [6.07, 6.45) is 2.55. The molecule has 2 atom stereocenters. The molecule has 0 radical (unpaired) electrons. The molecule has 1 aliphatic rings. The minimum atomic E-state index is -0.775. The average molecular weight is 346 g/mol. The number of nitrogens with one attached hydrogen (secondary N) is 1. The fourth-order valence-corrected chi connectivity index (χ4v) is 2.87. The molecule has 1 fully saturated rings. The maximum atomic E-state index is 12.2. The zero-order valence-corrected chi connectivity index (χ0v) is 14.7. The van der Waals surface area contributed by atoms with Gasteiger partial charge in [-0.05, 0) is 44.0 Å². The largest absolute Gasteiger partial charge is 0.369 e. The molecule has 6 heteroatoms. The van der Waals surface area contributed by atoms with Crippen LogP contribution in [0.2, 0.25) is 5.02 Å². The highest BCUT2D eigenvalue weighted by Gasteiger charge is 2.31. The van der Waals surface area contributed by atoms with E-state index in [1.165, 1.54) is 0 Å². The molecule has 0 aromatic heterocycles. The Morgan fingerprint density at radius 1 is 1.45 bits per heavy atom. The van der Waals surface area contributed by atoms with Crippen LogP contribution in [0.15, 0.2) is 24.3 Å². The first-order chi connectivity index (χ1) is 9.92. The van der Waals surface area contributed by atoms with E-state index >= 15 is 0 Å². The lowest BCUT2D eigenvalue weighted by atomic mass is 9.96. The normalized spacial score (nSPS) is 20.2. The maximum Gasteiger partial charge on any atom is 0.240 e. The quantitative estimate of drug-likeness (QED) is 0.862. The lowest BCUT2D eigenvalue weighted by Crippen LogP contribution is -2.54. The molecule has 4 nitrogen and oxygen atoms in total. The van der Waals surface area contributed by atoms with E-state index in [0.717, 1.165) is 36.6 Å². The number of anilines is 1. The molecular formula is C16H25Cl2N3O. The van der Waals surface area contributed by atoms with E-state index in [2.05, 4.69) is 10.2 Å². The standard InChI is InChI=1S/C16H24ClN3O.ClH/c1-3-9-16(2,18)15(21)19-13-8-10-20(11-13)14-6-4-12(17)5-7-14;/h4-7,13H,3,8-11,18H2,1-2H3,(H,19,21);1H. The number of hydrogen-bond acceptors (Lipinski definition) is 3. The number of benzene rings is 1. The van der Waals surface area contributed by atoms with E-state index < -0.39 is 5.54 Å². The van der Waals surface area contributed by atoms with Crippen molar-refractivity contribution in [3.8, 4) is 0 Å². The van der Waals surface area contributed by atoms with Gasteiger partial charge in [-0.15, -0.1) is 12.4 Å². The van der Waals surface area contributed by atoms with Crippen LogP contribution in [0.25, 0.3) is 0 Å². The summed E-state index contributed by atoms with van der Waals surface area (Å²) in [7, 11) is 0. The summed E-state index contributed by atoms with van der Waals surface area (Å²) >= 11 is 5.91. The highest BCUT2D eigenvalue weighted by molar-refractivity contribution is 6.30. The van der Waals surface area contributed by atoms with Crippen molar-refractivity contribution in [3.63, 3.8) is 0 Å². The van der Waals surface area contributed by atoms with E-state index in [0.29, 0.717) is 6.42 Å². The number of rotatable bonds is 5. The molecule has 1 saturated heterocycles. The highest BCUT2D eigenvalue weighted by atomic mass is 35.5. The number of halogens is 2. The van der Waals surface area contributed by atoms with Crippen molar-refractivity contribution in [3.05, 3.63) is 29.3 Å². The van der Waals surface area contributed by atoms with Gasteiger partial charge in [0.05, 0.1) is 5.54 Å². The molecule has 2 rings (SSSR count). The fraction of sp³-hybridized carbons (Fsp3) is 0.562. The summed E-state index contributed by atoms with van der Waals surface area (Å²) in [4.78, 5) is 14.5. The fourth-order valence-electron chi connectivity index (χ4n) is 2.75. The van der Waals surface area contributed by atoms with Crippen LogP contribution in [-0.4, -0.2) is 30.6 Å². The second-order valence-corrected chi connectivity index (χ2v) is 6.49. The van der Waals surface area contributed by atoms with Gasteiger partial charge in [-0.3, -0.25) is 4.79 Å². The second-order valence-electron chi connectivity index (χ2n) is 6.05. The van der Waals surface area contributed by atoms with Gasteiger partial charge in [0.25, 0.3) is 0 Å². The molecule has 1 aromatic rings. The van der Waals surface area contributed by atoms with E-state index in [1.54, 1.807) is 6.92 Å². The molecule has 1 amide bonds. The predicted molar refractivity (Wildman–Crippen MR) is 95.0 cm³/mol.